The van der Waals surface area contributed by atoms with Crippen LogP contribution in [0.2, 0.25) is 0 Å². The third-order valence-electron chi connectivity index (χ3n) is 0. The van der Waals surface area contributed by atoms with E-state index in [2.05, 4.69) is 15.4 Å². The van der Waals surface area contributed by atoms with Crippen molar-refractivity contribution in [3.63, 3.8) is 0 Å². The van der Waals surface area contributed by atoms with E-state index in [0.29, 0.717) is 0 Å². The third-order valence-corrected chi connectivity index (χ3v) is 0. The topological polar surface area (TPSA) is 0 Å². The van der Waals surface area contributed by atoms with Crippen LogP contribution < -0.4 is 0 Å². The zero-order valence-electron chi connectivity index (χ0n) is 1.35. The predicted octanol–water partition coefficient (Wildman–Crippen LogP) is -3.29. The molecule has 0 heterocycles. The molecule has 0 aliphatic heterocycles. The Morgan fingerprint density at radius 2 is 1.25 bits per heavy atom. The van der Waals surface area contributed by atoms with E-state index in [1.165, 1.54) is 0 Å². The molecule has 0 aromatic heterocycles. The Morgan fingerprint density at radius 3 is 1.25 bits per heavy atom. The van der Waals surface area contributed by atoms with Gasteiger partial charge in [0.2, 0.25) is 0 Å². The van der Waals surface area contributed by atoms with Gasteiger partial charge in [-0.05, 0) is 0 Å². The van der Waals surface area contributed by atoms with Crippen LogP contribution in [-0.4, -0.2) is 49.3 Å². The summed E-state index contributed by atoms with van der Waals surface area (Å²) < 4.78 is 0. The quantitative estimate of drug-likeness (QED) is 0.312. The van der Waals surface area contributed by atoms with Gasteiger partial charge in [-0.1, -0.05) is 0 Å². The van der Waals surface area contributed by atoms with Gasteiger partial charge in [0.05, 0.1) is 0 Å². The Balaban J connectivity index is -0.00000000500. The van der Waals surface area contributed by atoms with Gasteiger partial charge >= 0.3 is 47.3 Å². The first-order valence-electron chi connectivity index (χ1n) is 0.354. The van der Waals surface area contributed by atoms with Gasteiger partial charge in [-0.2, -0.15) is 0 Å². The second-order valence-corrected chi connectivity index (χ2v) is 0. The normalized spacial score (nSPS) is 2.25. The van der Waals surface area contributed by atoms with Gasteiger partial charge < -0.3 is 0 Å². The average molecular weight is 143 g/mol. The molecule has 0 bridgehead atoms. The molecule has 0 unspecified atom stereocenters. The summed E-state index contributed by atoms with van der Waals surface area (Å²) in [7, 11) is 1.06. The summed E-state index contributed by atoms with van der Waals surface area (Å²) in [5, 5.41) is 0. The molecule has 0 aliphatic carbocycles. The molecular formula is H8AlFeMgSi. The standard InChI is InChI=1S/Al.Fe.Mg.H3Si.5H/h;;;1H3;;;;;. The molecule has 0 aromatic carbocycles. The maximum atomic E-state index is 3.39. The second-order valence-electron chi connectivity index (χ2n) is 0. The van der Waals surface area contributed by atoms with Crippen LogP contribution in [-0.2, 0) is 15.4 Å². The number of hydrogen-bond donors (Lipinski definition) is 0. The first-order chi connectivity index (χ1) is 1.00. The van der Waals surface area contributed by atoms with Crippen LogP contribution in [0, 0.1) is 0 Å². The minimum absolute atomic E-state index is 0. The zero-order valence-corrected chi connectivity index (χ0v) is 4.46. The van der Waals surface area contributed by atoms with Crippen molar-refractivity contribution in [3.8, 4) is 0 Å². The van der Waals surface area contributed by atoms with Crippen LogP contribution in [0.1, 0.15) is 0 Å². The molecule has 0 amide bonds. The van der Waals surface area contributed by atoms with Crippen molar-refractivity contribution in [2.24, 2.45) is 0 Å². The molecule has 0 aliphatic rings. The Hall–Kier alpha value is 2.04. The Morgan fingerprint density at radius 1 is 1.25 bits per heavy atom. The molecular weight excluding hydrogens is 135 g/mol. The minimum atomic E-state index is 0. The fourth-order valence-corrected chi connectivity index (χ4v) is 0. The van der Waals surface area contributed by atoms with Gasteiger partial charge in [-0.15, -0.1) is 0 Å². The predicted molar refractivity (Wildman–Crippen MR) is 28.4 cm³/mol. The van der Waals surface area contributed by atoms with E-state index >= 15 is 0 Å². The van der Waals surface area contributed by atoms with Crippen molar-refractivity contribution >= 4 is 49.3 Å². The summed E-state index contributed by atoms with van der Waals surface area (Å²) >= 11 is 3.39. The monoisotopic (exact) mass is 143 g/mol. The first-order valence-corrected chi connectivity index (χ1v) is 4.37. The average Bonchev–Trinajstić information content (AvgIpc) is 1.00. The van der Waals surface area contributed by atoms with Crippen LogP contribution in [0.5, 0.6) is 0 Å². The third kappa shape index (κ3) is 8.97. The van der Waals surface area contributed by atoms with Crippen LogP contribution in [0.3, 0.4) is 0 Å². The summed E-state index contributed by atoms with van der Waals surface area (Å²) in [5.74, 6) is 0. The number of hydrogen-bond acceptors (Lipinski definition) is 0. The van der Waals surface area contributed by atoms with Crippen LogP contribution in [0.25, 0.3) is 0 Å². The fraction of sp³-hybridized carbons (Fsp3) is 0. The van der Waals surface area contributed by atoms with Gasteiger partial charge in [0, 0.05) is 0 Å². The van der Waals surface area contributed by atoms with Crippen molar-refractivity contribution in [1.82, 2.24) is 0 Å². The van der Waals surface area contributed by atoms with E-state index in [1.807, 2.05) is 0 Å². The van der Waals surface area contributed by atoms with E-state index in [0.717, 1.165) is 8.85 Å². The second kappa shape index (κ2) is 19.8. The van der Waals surface area contributed by atoms with Gasteiger partial charge in [0.1, 0.15) is 0 Å². The van der Waals surface area contributed by atoms with E-state index in [-0.39, 0.29) is 40.4 Å². The van der Waals surface area contributed by atoms with E-state index < -0.39 is 0 Å². The van der Waals surface area contributed by atoms with Gasteiger partial charge in [0.15, 0.2) is 17.4 Å². The zero-order chi connectivity index (χ0) is 2.00. The molecule has 0 saturated heterocycles. The summed E-state index contributed by atoms with van der Waals surface area (Å²) in [5.41, 5.74) is 0. The van der Waals surface area contributed by atoms with Crippen molar-refractivity contribution in [2.75, 3.05) is 0 Å². The van der Waals surface area contributed by atoms with E-state index in [9.17, 15) is 0 Å². The summed E-state index contributed by atoms with van der Waals surface area (Å²) in [6.45, 7) is 0. The van der Waals surface area contributed by atoms with Crippen LogP contribution >= 0.6 is 0 Å². The van der Waals surface area contributed by atoms with Crippen LogP contribution in [0.4, 0.5) is 0 Å². The Labute approximate surface area is 64.1 Å². The van der Waals surface area contributed by atoms with Crippen molar-refractivity contribution < 1.29 is 15.4 Å². The van der Waals surface area contributed by atoms with Crippen molar-refractivity contribution in [1.29, 1.82) is 0 Å². The molecule has 0 atom stereocenters. The molecule has 0 fully saturated rings. The van der Waals surface area contributed by atoms with Crippen molar-refractivity contribution in [3.05, 3.63) is 0 Å². The SMILES string of the molecule is [AlH3].[MgH2].[SiH3][Fe]. The Kier molecular flexibility index (Phi) is 82.2. The van der Waals surface area contributed by atoms with Gasteiger partial charge in [-0.3, -0.25) is 0 Å². The van der Waals surface area contributed by atoms with Crippen LogP contribution in [0.15, 0.2) is 0 Å². The summed E-state index contributed by atoms with van der Waals surface area (Å²) in [6.07, 6.45) is 0. The van der Waals surface area contributed by atoms with E-state index in [1.54, 1.807) is 0 Å². The van der Waals surface area contributed by atoms with Gasteiger partial charge in [0.25, 0.3) is 0 Å². The molecule has 0 rings (SSSR count). The van der Waals surface area contributed by atoms with E-state index in [4.69, 9.17) is 0 Å². The first kappa shape index (κ1) is 16.6. The molecule has 0 saturated carbocycles. The molecule has 4 heteroatoms. The molecule has 0 N–H and O–H groups in total. The van der Waals surface area contributed by atoms with Gasteiger partial charge in [-0.25, -0.2) is 0 Å². The summed E-state index contributed by atoms with van der Waals surface area (Å²) in [6, 6.07) is 0. The Bertz CT molecular complexity index is 8.00. The maximum absolute atomic E-state index is 3.39. The molecule has 0 radical (unpaired) electrons. The number of rotatable bonds is 0. The summed E-state index contributed by atoms with van der Waals surface area (Å²) in [4.78, 5) is 0. The van der Waals surface area contributed by atoms with Crippen molar-refractivity contribution in [2.45, 2.75) is 0 Å². The molecule has 25 valence electrons. The molecule has 0 aromatic rings. The molecule has 0 nitrogen and oxygen atoms in total. The molecule has 0 spiro atoms. The molecule has 4 heavy (non-hydrogen) atoms. The fourth-order valence-electron chi connectivity index (χ4n) is 0.